The fourth-order valence-corrected chi connectivity index (χ4v) is 4.14. The van der Waals surface area contributed by atoms with Gasteiger partial charge in [-0.05, 0) is 46.3 Å². The van der Waals surface area contributed by atoms with Crippen molar-refractivity contribution in [3.8, 4) is 5.75 Å². The van der Waals surface area contributed by atoms with Crippen LogP contribution in [0.2, 0.25) is 0 Å². The second-order valence-electron chi connectivity index (χ2n) is 9.55. The van der Waals surface area contributed by atoms with Crippen molar-refractivity contribution >= 4 is 5.69 Å². The average molecular weight is 301 g/mol. The minimum Gasteiger partial charge on any atom is -0.507 e. The Morgan fingerprint density at radius 2 is 1.55 bits per heavy atom. The second kappa shape index (κ2) is 4.43. The lowest BCUT2D eigenvalue weighted by molar-refractivity contribution is 0.369. The van der Waals surface area contributed by atoms with E-state index in [1.165, 1.54) is 23.2 Å². The monoisotopic (exact) mass is 301 g/mol. The molecule has 22 heavy (non-hydrogen) atoms. The van der Waals surface area contributed by atoms with Gasteiger partial charge in [-0.1, -0.05) is 48.5 Å². The fourth-order valence-electron chi connectivity index (χ4n) is 4.14. The summed E-state index contributed by atoms with van der Waals surface area (Å²) in [5.41, 5.74) is 5.24. The van der Waals surface area contributed by atoms with Crippen LogP contribution in [-0.4, -0.2) is 18.2 Å². The lowest BCUT2D eigenvalue weighted by Crippen LogP contribution is -2.45. The molecule has 1 aromatic carbocycles. The molecule has 122 valence electrons. The molecule has 2 heteroatoms. The Morgan fingerprint density at radius 1 is 1.00 bits per heavy atom. The van der Waals surface area contributed by atoms with Gasteiger partial charge < -0.3 is 10.0 Å². The van der Waals surface area contributed by atoms with Crippen LogP contribution in [0.1, 0.15) is 78.0 Å². The minimum absolute atomic E-state index is 0.0402. The molecule has 0 fully saturated rings. The normalized spacial score (nSPS) is 22.4. The predicted molar refractivity (Wildman–Crippen MR) is 94.3 cm³/mol. The maximum atomic E-state index is 11.1. The topological polar surface area (TPSA) is 23.5 Å². The molecular weight excluding hydrogens is 270 g/mol. The van der Waals surface area contributed by atoms with E-state index in [4.69, 9.17) is 0 Å². The SMILES string of the molecule is CC(C)(C)c1cc2c3c(c1O)C(C)(C)CCN3CCC2(C)C. The zero-order valence-electron chi connectivity index (χ0n) is 15.3. The predicted octanol–water partition coefficient (Wildman–Crippen LogP) is 4.86. The summed E-state index contributed by atoms with van der Waals surface area (Å²) in [5.74, 6) is 0.540. The van der Waals surface area contributed by atoms with Crippen LogP contribution in [0.25, 0.3) is 0 Å². The lowest BCUT2D eigenvalue weighted by Gasteiger charge is -2.49. The fraction of sp³-hybridized carbons (Fsp3) is 0.700. The lowest BCUT2D eigenvalue weighted by atomic mass is 9.67. The number of hydrogen-bond donors (Lipinski definition) is 1. The van der Waals surface area contributed by atoms with E-state index in [-0.39, 0.29) is 16.2 Å². The quantitative estimate of drug-likeness (QED) is 0.740. The molecule has 0 unspecified atom stereocenters. The van der Waals surface area contributed by atoms with Crippen molar-refractivity contribution in [2.45, 2.75) is 77.6 Å². The molecule has 0 amide bonds. The van der Waals surface area contributed by atoms with E-state index < -0.39 is 0 Å². The largest absolute Gasteiger partial charge is 0.507 e. The van der Waals surface area contributed by atoms with Crippen LogP contribution in [0.3, 0.4) is 0 Å². The van der Waals surface area contributed by atoms with Crippen LogP contribution in [-0.2, 0) is 16.2 Å². The van der Waals surface area contributed by atoms with Crippen LogP contribution >= 0.6 is 0 Å². The molecule has 0 radical (unpaired) electrons. The second-order valence-corrected chi connectivity index (χ2v) is 9.55. The number of benzene rings is 1. The smallest absolute Gasteiger partial charge is 0.125 e. The third kappa shape index (κ3) is 2.14. The number of nitrogens with zero attached hydrogens (tertiary/aromatic N) is 1. The molecule has 1 N–H and O–H groups in total. The Kier molecular flexibility index (Phi) is 3.16. The van der Waals surface area contributed by atoms with Crippen LogP contribution in [0.15, 0.2) is 6.07 Å². The molecule has 0 atom stereocenters. The van der Waals surface area contributed by atoms with E-state index in [2.05, 4.69) is 59.4 Å². The summed E-state index contributed by atoms with van der Waals surface area (Å²) in [6.45, 7) is 18.1. The molecule has 0 bridgehead atoms. The number of phenolic OH excluding ortho intramolecular Hbond substituents is 1. The highest BCUT2D eigenvalue weighted by molar-refractivity contribution is 5.73. The number of rotatable bonds is 0. The van der Waals surface area contributed by atoms with Crippen molar-refractivity contribution in [2.24, 2.45) is 0 Å². The number of hydrogen-bond acceptors (Lipinski definition) is 2. The molecule has 2 aliphatic heterocycles. The van der Waals surface area contributed by atoms with E-state index in [9.17, 15) is 5.11 Å². The van der Waals surface area contributed by atoms with E-state index in [1.54, 1.807) is 0 Å². The summed E-state index contributed by atoms with van der Waals surface area (Å²) in [4.78, 5) is 2.51. The highest BCUT2D eigenvalue weighted by Crippen LogP contribution is 2.54. The average Bonchev–Trinajstić information content (AvgIpc) is 2.34. The number of phenols is 1. The maximum absolute atomic E-state index is 11.1. The van der Waals surface area contributed by atoms with Crippen molar-refractivity contribution in [1.29, 1.82) is 0 Å². The Bertz CT molecular complexity index is 618. The summed E-state index contributed by atoms with van der Waals surface area (Å²) < 4.78 is 0. The van der Waals surface area contributed by atoms with Crippen molar-refractivity contribution in [3.63, 3.8) is 0 Å². The van der Waals surface area contributed by atoms with Gasteiger partial charge in [0.15, 0.2) is 0 Å². The highest BCUT2D eigenvalue weighted by atomic mass is 16.3. The first-order chi connectivity index (χ1) is 9.95. The van der Waals surface area contributed by atoms with E-state index in [0.29, 0.717) is 5.75 Å². The Hall–Kier alpha value is -1.18. The third-order valence-electron chi connectivity index (χ3n) is 5.82. The van der Waals surface area contributed by atoms with Crippen molar-refractivity contribution in [3.05, 3.63) is 22.8 Å². The van der Waals surface area contributed by atoms with Gasteiger partial charge in [0.1, 0.15) is 5.75 Å². The molecule has 3 rings (SSSR count). The van der Waals surface area contributed by atoms with E-state index in [0.717, 1.165) is 25.1 Å². The summed E-state index contributed by atoms with van der Waals surface area (Å²) in [7, 11) is 0. The van der Waals surface area contributed by atoms with E-state index >= 15 is 0 Å². The van der Waals surface area contributed by atoms with Crippen LogP contribution in [0.4, 0.5) is 5.69 Å². The van der Waals surface area contributed by atoms with Crippen LogP contribution < -0.4 is 4.90 Å². The minimum atomic E-state index is -0.0402. The standard InChI is InChI=1S/C20H31NO/c1-18(2,3)14-12-13-16-15(17(14)22)20(6,7)9-11-21(16)10-8-19(13,4)5/h12,22H,8-11H2,1-7H3. The van der Waals surface area contributed by atoms with Crippen LogP contribution in [0.5, 0.6) is 5.75 Å². The number of anilines is 1. The van der Waals surface area contributed by atoms with Gasteiger partial charge in [0.2, 0.25) is 0 Å². The van der Waals surface area contributed by atoms with Crippen molar-refractivity contribution in [2.75, 3.05) is 18.0 Å². The molecule has 0 spiro atoms. The molecular formula is C20H31NO. The van der Waals surface area contributed by atoms with Crippen molar-refractivity contribution in [1.82, 2.24) is 0 Å². The third-order valence-corrected chi connectivity index (χ3v) is 5.82. The Balaban J connectivity index is 2.40. The highest BCUT2D eigenvalue weighted by Gasteiger charge is 2.43. The van der Waals surface area contributed by atoms with Gasteiger partial charge in [-0.15, -0.1) is 0 Å². The Labute approximate surface area is 135 Å². The summed E-state index contributed by atoms with van der Waals surface area (Å²) >= 11 is 0. The Morgan fingerprint density at radius 3 is 2.09 bits per heavy atom. The maximum Gasteiger partial charge on any atom is 0.125 e. The van der Waals surface area contributed by atoms with Gasteiger partial charge in [0.25, 0.3) is 0 Å². The van der Waals surface area contributed by atoms with Gasteiger partial charge in [-0.25, -0.2) is 0 Å². The molecule has 0 saturated heterocycles. The molecule has 1 aromatic rings. The zero-order chi connectivity index (χ0) is 16.5. The van der Waals surface area contributed by atoms with Gasteiger partial charge in [-0.2, -0.15) is 0 Å². The molecule has 0 aromatic heterocycles. The first-order valence-electron chi connectivity index (χ1n) is 8.61. The van der Waals surface area contributed by atoms with Crippen molar-refractivity contribution < 1.29 is 5.11 Å². The van der Waals surface area contributed by atoms with Crippen LogP contribution in [0, 0.1) is 0 Å². The zero-order valence-corrected chi connectivity index (χ0v) is 15.3. The molecule has 0 saturated carbocycles. The van der Waals surface area contributed by atoms with Gasteiger partial charge >= 0.3 is 0 Å². The van der Waals surface area contributed by atoms with E-state index in [1.807, 2.05) is 0 Å². The first-order valence-corrected chi connectivity index (χ1v) is 8.61. The summed E-state index contributed by atoms with van der Waals surface area (Å²) in [5, 5.41) is 11.1. The summed E-state index contributed by atoms with van der Waals surface area (Å²) in [6.07, 6.45) is 2.30. The molecule has 2 heterocycles. The van der Waals surface area contributed by atoms with Gasteiger partial charge in [0, 0.05) is 24.3 Å². The van der Waals surface area contributed by atoms with Gasteiger partial charge in [0.05, 0.1) is 0 Å². The molecule has 0 aliphatic carbocycles. The molecule has 2 nitrogen and oxygen atoms in total. The van der Waals surface area contributed by atoms with Gasteiger partial charge in [-0.3, -0.25) is 0 Å². The number of aromatic hydroxyl groups is 1. The first kappa shape index (κ1) is 15.7. The molecule has 2 aliphatic rings. The summed E-state index contributed by atoms with van der Waals surface area (Å²) in [6, 6.07) is 2.29.